The van der Waals surface area contributed by atoms with E-state index in [9.17, 15) is 53.3 Å². The predicted octanol–water partition coefficient (Wildman–Crippen LogP) is 5.11. The first-order valence-corrected chi connectivity index (χ1v) is 24.2. The lowest BCUT2D eigenvalue weighted by molar-refractivity contribution is -0.144. The second-order valence-corrected chi connectivity index (χ2v) is 20.5. The number of benzene rings is 1. The molecular formula is C34H41BrClF4N8O13PS2. The number of methoxy groups -OCH3 is 2. The summed E-state index contributed by atoms with van der Waals surface area (Å²) in [6, 6.07) is 3.30. The van der Waals surface area contributed by atoms with Crippen LogP contribution >= 0.6 is 34.9 Å². The number of aryl methyl sites for hydroxylation is 1. The monoisotopic (exact) mass is 1050 g/mol. The van der Waals surface area contributed by atoms with E-state index in [-0.39, 0.29) is 57.9 Å². The average molecular weight is 1060 g/mol. The number of alkyl halides is 3. The van der Waals surface area contributed by atoms with Gasteiger partial charge < -0.3 is 29.9 Å². The van der Waals surface area contributed by atoms with Crippen LogP contribution in [0.25, 0.3) is 11.3 Å². The summed E-state index contributed by atoms with van der Waals surface area (Å²) < 4.78 is 130. The molecule has 0 saturated heterocycles. The summed E-state index contributed by atoms with van der Waals surface area (Å²) >= 11 is 8.67. The number of sulfone groups is 1. The van der Waals surface area contributed by atoms with Crippen molar-refractivity contribution in [2.24, 2.45) is 12.8 Å². The molecule has 3 aromatic heterocycles. The fourth-order valence-corrected chi connectivity index (χ4v) is 8.89. The fourth-order valence-electron chi connectivity index (χ4n) is 4.58. The summed E-state index contributed by atoms with van der Waals surface area (Å²) in [5.74, 6) is -3.39. The number of pyridine rings is 1. The minimum atomic E-state index is -4.69. The summed E-state index contributed by atoms with van der Waals surface area (Å²) in [6.45, 7) is 5.76. The van der Waals surface area contributed by atoms with Crippen molar-refractivity contribution in [2.45, 2.75) is 55.4 Å². The molecule has 2 unspecified atom stereocenters. The number of rotatable bonds is 14. The van der Waals surface area contributed by atoms with Crippen LogP contribution in [0.15, 0.2) is 50.9 Å². The Morgan fingerprint density at radius 1 is 1.08 bits per heavy atom. The van der Waals surface area contributed by atoms with Gasteiger partial charge in [0.15, 0.2) is 27.9 Å². The van der Waals surface area contributed by atoms with Gasteiger partial charge in [-0.25, -0.2) is 32.1 Å². The number of sulfonamides is 1. The highest BCUT2D eigenvalue weighted by atomic mass is 79.9. The number of nitrogens with one attached hydrogen (secondary N) is 2. The highest BCUT2D eigenvalue weighted by molar-refractivity contribution is 9.10. The maximum atomic E-state index is 14.3. The number of carboxylic acid groups (broad SMARTS) is 1. The second kappa shape index (κ2) is 22.8. The van der Waals surface area contributed by atoms with Crippen LogP contribution in [0.5, 0.6) is 11.8 Å². The highest BCUT2D eigenvalue weighted by Gasteiger charge is 2.39. The molecule has 21 nitrogen and oxygen atoms in total. The molecule has 0 aliphatic carbocycles. The highest BCUT2D eigenvalue weighted by Crippen LogP contribution is 2.41. The van der Waals surface area contributed by atoms with E-state index >= 15 is 0 Å². The molecule has 354 valence electrons. The molecule has 2 atom stereocenters. The van der Waals surface area contributed by atoms with E-state index in [4.69, 9.17) is 41.5 Å². The van der Waals surface area contributed by atoms with Gasteiger partial charge in [-0.15, -0.1) is 0 Å². The number of aromatic nitrogens is 5. The van der Waals surface area contributed by atoms with Crippen molar-refractivity contribution in [3.8, 4) is 23.0 Å². The Hall–Kier alpha value is -4.99. The largest absolute Gasteiger partial charge is 0.481 e. The number of aliphatic carboxylic acids is 1. The lowest BCUT2D eigenvalue weighted by Gasteiger charge is -2.11. The summed E-state index contributed by atoms with van der Waals surface area (Å²) in [4.78, 5) is 53.7. The smallest absolute Gasteiger partial charge is 0.434 e. The number of esters is 1. The van der Waals surface area contributed by atoms with Gasteiger partial charge in [-0.3, -0.25) is 19.4 Å². The molecule has 0 spiro atoms. The number of nitrogens with two attached hydrogens (primary N) is 1. The Balaban J connectivity index is 0.000000360. The molecule has 3 heterocycles. The van der Waals surface area contributed by atoms with Crippen LogP contribution in [-0.2, 0) is 47.2 Å². The van der Waals surface area contributed by atoms with E-state index in [0.29, 0.717) is 4.68 Å². The molecule has 1 aromatic carbocycles. The number of hydrogen-bond donors (Lipinski definition) is 5. The van der Waals surface area contributed by atoms with Gasteiger partial charge in [-0.2, -0.15) is 36.7 Å². The molecule has 6 N–H and O–H groups in total. The third-order valence-electron chi connectivity index (χ3n) is 7.56. The summed E-state index contributed by atoms with van der Waals surface area (Å²) in [5.41, 5.74) is 3.23. The maximum Gasteiger partial charge on any atom is 0.434 e. The van der Waals surface area contributed by atoms with E-state index in [0.717, 1.165) is 31.4 Å². The van der Waals surface area contributed by atoms with Crippen LogP contribution in [0.2, 0.25) is 5.02 Å². The zero-order valence-electron chi connectivity index (χ0n) is 34.5. The van der Waals surface area contributed by atoms with Crippen molar-refractivity contribution in [3.05, 3.63) is 63.1 Å². The molecule has 0 radical (unpaired) electrons. The number of anilines is 1. The van der Waals surface area contributed by atoms with Crippen molar-refractivity contribution in [1.82, 2.24) is 29.5 Å². The Kier molecular flexibility index (Phi) is 19.6. The van der Waals surface area contributed by atoms with Gasteiger partial charge in [0.1, 0.15) is 22.4 Å². The normalized spacial score (nSPS) is 12.9. The number of carbonyl (C=O) groups excluding carboxylic acids is 2. The van der Waals surface area contributed by atoms with Crippen LogP contribution < -0.4 is 25.2 Å². The second-order valence-electron chi connectivity index (χ2n) is 13.0. The van der Waals surface area contributed by atoms with E-state index in [2.05, 4.69) is 41.3 Å². The van der Waals surface area contributed by atoms with E-state index in [1.807, 2.05) is 0 Å². The van der Waals surface area contributed by atoms with Crippen LogP contribution in [-0.4, -0.2) is 114 Å². The molecule has 4 rings (SSSR count). The maximum absolute atomic E-state index is 14.3. The summed E-state index contributed by atoms with van der Waals surface area (Å²) in [7, 11) is -7.87. The number of carbonyl (C=O) groups is 3. The quantitative estimate of drug-likeness (QED) is 0.0622. The standard InChI is InChI=1S/C15H12BrClF4N2O2.C14H17N5O7S2.C5H12NO4P/c1-6(2)25-14(24)7-4-8(10(18)5-9(7)17)12-11(16)13(15(19,20)21)23(3)22-12;1-4-27(21,22)9-6-5-7-15-12(9)28(23,24)19-14(20)18-13-16-10(25-2)8-11(17-13)26-3;1-11(9,10)3-2-4(6)5(7)8/h4-6H,1-3H3;5-8H,4H2,1-3H3,(H2,16,17,18,19,20);4H,2-3,6H2,1H3,(H,7,8)(H,9,10). The topological polar surface area (TPSA) is 311 Å². The third kappa shape index (κ3) is 15.9. The molecule has 0 aliphatic heterocycles. The number of ether oxygens (including phenoxy) is 3. The molecule has 0 saturated carbocycles. The van der Waals surface area contributed by atoms with Crippen LogP contribution in [0.3, 0.4) is 0 Å². The van der Waals surface area contributed by atoms with E-state index < -0.39 is 89.4 Å². The lowest BCUT2D eigenvalue weighted by atomic mass is 10.1. The predicted molar refractivity (Wildman–Crippen MR) is 224 cm³/mol. The molecule has 30 heteroatoms. The first-order valence-electron chi connectivity index (χ1n) is 17.6. The zero-order valence-corrected chi connectivity index (χ0v) is 39.3. The van der Waals surface area contributed by atoms with Gasteiger partial charge >= 0.3 is 24.1 Å². The van der Waals surface area contributed by atoms with Crippen LogP contribution in [0, 0.1) is 5.82 Å². The Labute approximate surface area is 376 Å². The van der Waals surface area contributed by atoms with Gasteiger partial charge in [0.05, 0.1) is 47.2 Å². The van der Waals surface area contributed by atoms with Gasteiger partial charge in [-0.05, 0) is 60.5 Å². The van der Waals surface area contributed by atoms with Crippen molar-refractivity contribution in [1.29, 1.82) is 0 Å². The molecule has 4 aromatic rings. The van der Waals surface area contributed by atoms with Crippen molar-refractivity contribution >= 4 is 78.7 Å². The Morgan fingerprint density at radius 3 is 2.12 bits per heavy atom. The molecular weight excluding hydrogens is 1010 g/mol. The molecule has 2 amide bonds. The Bertz CT molecular complexity index is 2600. The minimum Gasteiger partial charge on any atom is -0.481 e. The van der Waals surface area contributed by atoms with Gasteiger partial charge in [0, 0.05) is 31.6 Å². The third-order valence-corrected chi connectivity index (χ3v) is 12.9. The summed E-state index contributed by atoms with van der Waals surface area (Å²) in [5, 5.41) is 13.1. The number of amides is 2. The molecule has 0 bridgehead atoms. The minimum absolute atomic E-state index is 0.0412. The number of urea groups is 1. The van der Waals surface area contributed by atoms with Crippen LogP contribution in [0.4, 0.5) is 28.3 Å². The van der Waals surface area contributed by atoms with Crippen molar-refractivity contribution < 1.29 is 77.6 Å². The number of halogens is 6. The van der Waals surface area contributed by atoms with E-state index in [1.165, 1.54) is 39.9 Å². The number of carboxylic acids is 1. The molecule has 0 aliphatic rings. The lowest BCUT2D eigenvalue weighted by Crippen LogP contribution is -2.36. The van der Waals surface area contributed by atoms with Crippen LogP contribution in [0.1, 0.15) is 43.2 Å². The molecule has 64 heavy (non-hydrogen) atoms. The van der Waals surface area contributed by atoms with Crippen molar-refractivity contribution in [2.75, 3.05) is 38.1 Å². The van der Waals surface area contributed by atoms with Gasteiger partial charge in [0.2, 0.25) is 17.7 Å². The first-order chi connectivity index (χ1) is 29.4. The first kappa shape index (κ1) is 55.1. The number of nitrogens with zero attached hydrogens (tertiary/aromatic N) is 5. The summed E-state index contributed by atoms with van der Waals surface area (Å²) in [6.07, 6.45) is -4.05. The van der Waals surface area contributed by atoms with E-state index in [1.54, 1.807) is 18.6 Å². The number of hydrogen-bond acceptors (Lipinski definition) is 16. The van der Waals surface area contributed by atoms with Crippen molar-refractivity contribution in [3.63, 3.8) is 0 Å². The van der Waals surface area contributed by atoms with Gasteiger partial charge in [0.25, 0.3) is 10.0 Å². The molecule has 0 fully saturated rings. The fraction of sp³-hybridized carbons (Fsp3) is 0.382. The Morgan fingerprint density at radius 2 is 1.66 bits per heavy atom. The van der Waals surface area contributed by atoms with Gasteiger partial charge in [-0.1, -0.05) is 18.5 Å². The zero-order chi connectivity index (χ0) is 49.1. The SMILES string of the molecule is CC(C)OC(=O)c1cc(-c2nn(C)c(C(F)(F)F)c2Br)c(F)cc1Cl.CCS(=O)(=O)c1cccnc1S(=O)(=O)NC(=O)Nc1nc(OC)cc(OC)n1.CP(=O)(O)CCC(N)C(=O)O. The average Bonchev–Trinajstić information content (AvgIpc) is 3.49.